The van der Waals surface area contributed by atoms with E-state index in [-0.39, 0.29) is 30.4 Å². The van der Waals surface area contributed by atoms with Gasteiger partial charge in [0, 0.05) is 35.4 Å². The Bertz CT molecular complexity index is 1540. The Morgan fingerprint density at radius 1 is 1.08 bits per heavy atom. The number of amides is 1. The van der Waals surface area contributed by atoms with Crippen LogP contribution in [-0.4, -0.2) is 42.4 Å². The minimum absolute atomic E-state index is 0.0377. The maximum Gasteiger partial charge on any atom is 0.242 e. The molecule has 204 valence electrons. The molecule has 0 radical (unpaired) electrons. The average Bonchev–Trinajstić information content (AvgIpc) is 3.35. The number of rotatable bonds is 11. The van der Waals surface area contributed by atoms with Gasteiger partial charge in [-0.3, -0.25) is 4.79 Å². The Morgan fingerprint density at radius 3 is 2.49 bits per heavy atom. The van der Waals surface area contributed by atoms with E-state index in [9.17, 15) is 13.2 Å². The van der Waals surface area contributed by atoms with Crippen LogP contribution in [0.1, 0.15) is 22.9 Å². The molecule has 4 rings (SSSR count). The SMILES string of the molecule is CN(C[C@@H](CC(=O)Nc1nnc(COc2ccc(Cl)cc2Cl)s1)c1ccccc1)S(=O)(=O)c1ccc(Br)cc1. The Balaban J connectivity index is 1.41. The molecule has 0 bridgehead atoms. The standard InChI is InChI=1S/C26H23BrCl2N4O4S2/c1-33(39(35,36)21-10-7-19(27)8-11-21)15-18(17-5-3-2-4-6-17)13-24(34)30-26-32-31-25(38-26)16-37-23-12-9-20(28)14-22(23)29/h2-12,14,18H,13,15-16H2,1H3,(H,30,32,34)/t18-/m1/s1. The molecular weight excluding hydrogens is 647 g/mol. The van der Waals surface area contributed by atoms with Crippen LogP contribution in [0.4, 0.5) is 5.13 Å². The molecule has 0 saturated heterocycles. The highest BCUT2D eigenvalue weighted by Crippen LogP contribution is 2.29. The molecule has 1 N–H and O–H groups in total. The van der Waals surface area contributed by atoms with Crippen LogP contribution in [-0.2, 0) is 21.4 Å². The van der Waals surface area contributed by atoms with Gasteiger partial charge in [-0.2, -0.15) is 0 Å². The molecule has 0 aliphatic rings. The molecule has 1 aromatic heterocycles. The lowest BCUT2D eigenvalue weighted by Crippen LogP contribution is -2.32. The second kappa shape index (κ2) is 13.2. The van der Waals surface area contributed by atoms with Crippen molar-refractivity contribution in [3.05, 3.63) is 97.9 Å². The second-order valence-corrected chi connectivity index (χ2v) is 13.3. The topological polar surface area (TPSA) is 101 Å². The number of aromatic nitrogens is 2. The maximum atomic E-state index is 13.2. The number of anilines is 1. The third kappa shape index (κ3) is 8.00. The van der Waals surface area contributed by atoms with Gasteiger partial charge in [-0.1, -0.05) is 80.8 Å². The molecule has 4 aromatic rings. The zero-order valence-corrected chi connectivity index (χ0v) is 25.3. The zero-order chi connectivity index (χ0) is 28.0. The highest BCUT2D eigenvalue weighted by Gasteiger charge is 2.26. The van der Waals surface area contributed by atoms with E-state index in [2.05, 4.69) is 31.4 Å². The summed E-state index contributed by atoms with van der Waals surface area (Å²) < 4.78 is 34.0. The van der Waals surface area contributed by atoms with E-state index < -0.39 is 15.9 Å². The van der Waals surface area contributed by atoms with Crippen molar-refractivity contribution in [1.29, 1.82) is 0 Å². The van der Waals surface area contributed by atoms with Crippen molar-refractivity contribution in [2.24, 2.45) is 0 Å². The minimum Gasteiger partial charge on any atom is -0.485 e. The monoisotopic (exact) mass is 668 g/mol. The summed E-state index contributed by atoms with van der Waals surface area (Å²) in [6.45, 7) is 0.215. The number of sulfonamides is 1. The van der Waals surface area contributed by atoms with E-state index in [0.29, 0.717) is 25.9 Å². The van der Waals surface area contributed by atoms with Gasteiger partial charge in [0.1, 0.15) is 12.4 Å². The van der Waals surface area contributed by atoms with Gasteiger partial charge in [0.2, 0.25) is 21.1 Å². The smallest absolute Gasteiger partial charge is 0.242 e. The van der Waals surface area contributed by atoms with Gasteiger partial charge in [0.15, 0.2) is 5.01 Å². The Morgan fingerprint density at radius 2 is 1.79 bits per heavy atom. The van der Waals surface area contributed by atoms with Crippen LogP contribution >= 0.6 is 50.5 Å². The molecule has 8 nitrogen and oxygen atoms in total. The van der Waals surface area contributed by atoms with Crippen LogP contribution in [0.5, 0.6) is 5.75 Å². The summed E-state index contributed by atoms with van der Waals surface area (Å²) in [5.41, 5.74) is 0.844. The fourth-order valence-electron chi connectivity index (χ4n) is 3.70. The van der Waals surface area contributed by atoms with Crippen molar-refractivity contribution < 1.29 is 17.9 Å². The molecule has 1 amide bonds. The summed E-state index contributed by atoms with van der Waals surface area (Å²) in [7, 11) is -2.25. The number of hydrogen-bond donors (Lipinski definition) is 1. The van der Waals surface area contributed by atoms with E-state index >= 15 is 0 Å². The minimum atomic E-state index is -3.76. The second-order valence-electron chi connectivity index (χ2n) is 8.46. The molecule has 0 aliphatic heterocycles. The van der Waals surface area contributed by atoms with E-state index in [1.54, 1.807) is 30.3 Å². The van der Waals surface area contributed by atoms with Gasteiger partial charge in [-0.05, 0) is 48.0 Å². The fourth-order valence-corrected chi connectivity index (χ4v) is 6.31. The summed E-state index contributed by atoms with van der Waals surface area (Å²) >= 11 is 16.5. The lowest BCUT2D eigenvalue weighted by Gasteiger charge is -2.24. The number of nitrogens with one attached hydrogen (secondary N) is 1. The van der Waals surface area contributed by atoms with Crippen molar-refractivity contribution in [3.8, 4) is 5.75 Å². The van der Waals surface area contributed by atoms with Gasteiger partial charge in [-0.25, -0.2) is 12.7 Å². The van der Waals surface area contributed by atoms with Gasteiger partial charge < -0.3 is 10.1 Å². The molecule has 13 heteroatoms. The molecule has 3 aromatic carbocycles. The Kier molecular flexibility index (Phi) is 9.97. The average molecular weight is 670 g/mol. The lowest BCUT2D eigenvalue weighted by atomic mass is 9.95. The van der Waals surface area contributed by atoms with Crippen LogP contribution < -0.4 is 10.1 Å². The van der Waals surface area contributed by atoms with Crippen LogP contribution in [0.3, 0.4) is 0 Å². The molecule has 0 fully saturated rings. The van der Waals surface area contributed by atoms with Crippen molar-refractivity contribution >= 4 is 71.5 Å². The predicted octanol–water partition coefficient (Wildman–Crippen LogP) is 6.62. The first-order chi connectivity index (χ1) is 18.6. The lowest BCUT2D eigenvalue weighted by molar-refractivity contribution is -0.116. The van der Waals surface area contributed by atoms with Gasteiger partial charge >= 0.3 is 0 Å². The largest absolute Gasteiger partial charge is 0.485 e. The predicted molar refractivity (Wildman–Crippen MR) is 157 cm³/mol. The third-order valence-electron chi connectivity index (χ3n) is 5.66. The molecule has 0 spiro atoms. The summed E-state index contributed by atoms with van der Waals surface area (Å²) in [5, 5.41) is 12.6. The molecule has 39 heavy (non-hydrogen) atoms. The van der Waals surface area contributed by atoms with Gasteiger partial charge in [0.25, 0.3) is 0 Å². The van der Waals surface area contributed by atoms with Crippen molar-refractivity contribution in [3.63, 3.8) is 0 Å². The first kappa shape index (κ1) is 29.4. The number of carbonyl (C=O) groups excluding carboxylic acids is 1. The zero-order valence-electron chi connectivity index (χ0n) is 20.6. The number of likely N-dealkylation sites (N-methyl/N-ethyl adjacent to an activating group) is 1. The van der Waals surface area contributed by atoms with Crippen molar-refractivity contribution in [2.45, 2.75) is 23.8 Å². The normalized spacial score (nSPS) is 12.3. The number of hydrogen-bond acceptors (Lipinski definition) is 7. The molecular formula is C26H23BrCl2N4O4S2. The van der Waals surface area contributed by atoms with Crippen LogP contribution in [0, 0.1) is 0 Å². The van der Waals surface area contributed by atoms with Gasteiger partial charge in [0.05, 0.1) is 9.92 Å². The third-order valence-corrected chi connectivity index (χ3v) is 9.37. The summed E-state index contributed by atoms with van der Waals surface area (Å²) in [6.07, 6.45) is 0.0377. The van der Waals surface area contributed by atoms with E-state index in [0.717, 1.165) is 10.0 Å². The molecule has 1 atom stereocenters. The maximum absolute atomic E-state index is 13.2. The van der Waals surface area contributed by atoms with Crippen LogP contribution in [0.25, 0.3) is 0 Å². The van der Waals surface area contributed by atoms with E-state index in [1.807, 2.05) is 30.3 Å². The van der Waals surface area contributed by atoms with Crippen LogP contribution in [0.2, 0.25) is 10.0 Å². The first-order valence-corrected chi connectivity index (χ1v) is 15.4. The molecule has 0 unspecified atom stereocenters. The first-order valence-electron chi connectivity index (χ1n) is 11.6. The highest BCUT2D eigenvalue weighted by molar-refractivity contribution is 9.10. The summed E-state index contributed by atoms with van der Waals surface area (Å²) in [6, 6.07) is 20.7. The number of ether oxygens (including phenoxy) is 1. The number of carbonyl (C=O) groups is 1. The van der Waals surface area contributed by atoms with Crippen molar-refractivity contribution in [2.75, 3.05) is 18.9 Å². The van der Waals surface area contributed by atoms with Crippen molar-refractivity contribution in [1.82, 2.24) is 14.5 Å². The number of halogens is 3. The quantitative estimate of drug-likeness (QED) is 0.193. The van der Waals surface area contributed by atoms with Crippen LogP contribution in [0.15, 0.2) is 82.2 Å². The molecule has 1 heterocycles. The highest BCUT2D eigenvalue weighted by atomic mass is 79.9. The number of benzene rings is 3. The van der Waals surface area contributed by atoms with Gasteiger partial charge in [-0.15, -0.1) is 10.2 Å². The molecule has 0 saturated carbocycles. The molecule has 0 aliphatic carbocycles. The number of nitrogens with zero attached hydrogens (tertiary/aromatic N) is 3. The summed E-state index contributed by atoms with van der Waals surface area (Å²) in [4.78, 5) is 13.2. The fraction of sp³-hybridized carbons (Fsp3) is 0.192. The summed E-state index contributed by atoms with van der Waals surface area (Å²) in [5.74, 6) is -0.262. The van der Waals surface area contributed by atoms with E-state index in [4.69, 9.17) is 27.9 Å². The van der Waals surface area contributed by atoms with E-state index in [1.165, 1.54) is 34.8 Å². The Hall–Kier alpha value is -2.54. The Labute approximate surface area is 249 Å².